The van der Waals surface area contributed by atoms with E-state index in [1.54, 1.807) is 23.7 Å². The summed E-state index contributed by atoms with van der Waals surface area (Å²) in [6.07, 6.45) is 1.62. The maximum atomic E-state index is 11.6. The third kappa shape index (κ3) is 4.08. The van der Waals surface area contributed by atoms with Gasteiger partial charge in [0.05, 0.1) is 11.3 Å². The lowest BCUT2D eigenvalue weighted by Crippen LogP contribution is -2.13. The van der Waals surface area contributed by atoms with Crippen LogP contribution in [0.15, 0.2) is 40.7 Å². The summed E-state index contributed by atoms with van der Waals surface area (Å²) in [5, 5.41) is 13.8. The van der Waals surface area contributed by atoms with Gasteiger partial charge in [-0.3, -0.25) is 4.79 Å². The number of carboxylic acids is 1. The van der Waals surface area contributed by atoms with Crippen molar-refractivity contribution in [2.24, 2.45) is 0 Å². The van der Waals surface area contributed by atoms with E-state index in [0.717, 1.165) is 4.90 Å². The number of amides is 1. The highest BCUT2D eigenvalue weighted by Crippen LogP contribution is 2.19. The minimum absolute atomic E-state index is 0.137. The average Bonchev–Trinajstić information content (AvgIpc) is 2.89. The molecule has 7 heteroatoms. The zero-order valence-corrected chi connectivity index (χ0v) is 11.3. The topological polar surface area (TPSA) is 79.3 Å². The fraction of sp³-hybridized carbons (Fsp3) is 0.0833. The number of benzene rings is 1. The Morgan fingerprint density at radius 3 is 2.63 bits per heavy atom. The van der Waals surface area contributed by atoms with Crippen LogP contribution in [-0.2, 0) is 4.79 Å². The number of nitrogens with one attached hydrogen (secondary N) is 1. The van der Waals surface area contributed by atoms with Crippen LogP contribution in [0.1, 0.15) is 10.4 Å². The third-order valence-corrected chi connectivity index (χ3v) is 3.85. The van der Waals surface area contributed by atoms with Crippen LogP contribution in [0, 0.1) is 0 Å². The van der Waals surface area contributed by atoms with Crippen molar-refractivity contribution in [2.75, 3.05) is 11.1 Å². The van der Waals surface area contributed by atoms with Crippen molar-refractivity contribution in [2.45, 2.75) is 4.90 Å². The number of hydrogen-bond donors (Lipinski definition) is 2. The number of thiazole rings is 1. The van der Waals surface area contributed by atoms with Crippen LogP contribution in [0.3, 0.4) is 0 Å². The van der Waals surface area contributed by atoms with Crippen LogP contribution >= 0.6 is 23.1 Å². The molecule has 2 rings (SSSR count). The number of thioether (sulfide) groups is 1. The summed E-state index contributed by atoms with van der Waals surface area (Å²) in [6.45, 7) is 0. The Hall–Kier alpha value is -1.86. The molecule has 1 aromatic heterocycles. The second-order valence-corrected chi connectivity index (χ2v) is 5.45. The second-order valence-electron chi connectivity index (χ2n) is 3.50. The quantitative estimate of drug-likeness (QED) is 0.829. The lowest BCUT2D eigenvalue weighted by atomic mass is 10.2. The van der Waals surface area contributed by atoms with Gasteiger partial charge < -0.3 is 10.4 Å². The molecule has 0 unspecified atom stereocenters. The highest BCUT2D eigenvalue weighted by molar-refractivity contribution is 8.00. The predicted molar refractivity (Wildman–Crippen MR) is 74.9 cm³/mol. The van der Waals surface area contributed by atoms with Gasteiger partial charge in [0.2, 0.25) is 5.91 Å². The van der Waals surface area contributed by atoms with Crippen LogP contribution in [0.4, 0.5) is 5.13 Å². The largest absolute Gasteiger partial charge is 0.478 e. The molecule has 19 heavy (non-hydrogen) atoms. The van der Waals surface area contributed by atoms with E-state index in [4.69, 9.17) is 5.11 Å². The van der Waals surface area contributed by atoms with Gasteiger partial charge >= 0.3 is 5.97 Å². The summed E-state index contributed by atoms with van der Waals surface area (Å²) < 4.78 is 0. The molecular weight excluding hydrogens is 284 g/mol. The van der Waals surface area contributed by atoms with E-state index in [0.29, 0.717) is 5.13 Å². The Labute approximate surface area is 117 Å². The standard InChI is InChI=1S/C12H10N2O3S2/c15-10(14-12-13-5-6-18-12)7-19-9-3-1-8(2-4-9)11(16)17/h1-6H,7H2,(H,16,17)(H,13,14,15). The average molecular weight is 294 g/mol. The normalized spacial score (nSPS) is 10.1. The van der Waals surface area contributed by atoms with Crippen LogP contribution in [0.5, 0.6) is 0 Å². The first-order valence-corrected chi connectivity index (χ1v) is 7.17. The Kier molecular flexibility index (Phi) is 4.53. The number of hydrogen-bond acceptors (Lipinski definition) is 5. The minimum atomic E-state index is -0.960. The van der Waals surface area contributed by atoms with Crippen LogP contribution in [0.25, 0.3) is 0 Å². The molecule has 0 saturated carbocycles. The first kappa shape index (κ1) is 13.6. The zero-order valence-electron chi connectivity index (χ0n) is 9.70. The van der Waals surface area contributed by atoms with E-state index in [2.05, 4.69) is 10.3 Å². The summed E-state index contributed by atoms with van der Waals surface area (Å²) in [5.41, 5.74) is 0.233. The van der Waals surface area contributed by atoms with E-state index < -0.39 is 5.97 Å². The molecule has 0 aliphatic heterocycles. The van der Waals surface area contributed by atoms with Gasteiger partial charge in [0.25, 0.3) is 0 Å². The minimum Gasteiger partial charge on any atom is -0.478 e. The monoisotopic (exact) mass is 294 g/mol. The number of carbonyl (C=O) groups excluding carboxylic acids is 1. The molecule has 2 aromatic rings. The highest BCUT2D eigenvalue weighted by Gasteiger charge is 2.06. The molecule has 2 N–H and O–H groups in total. The number of carbonyl (C=O) groups is 2. The first-order valence-electron chi connectivity index (χ1n) is 5.30. The predicted octanol–water partition coefficient (Wildman–Crippen LogP) is 2.57. The smallest absolute Gasteiger partial charge is 0.335 e. The van der Waals surface area contributed by atoms with Gasteiger partial charge in [-0.1, -0.05) is 0 Å². The maximum absolute atomic E-state index is 11.6. The molecule has 0 bridgehead atoms. The van der Waals surface area contributed by atoms with Gasteiger partial charge in [-0.05, 0) is 24.3 Å². The highest BCUT2D eigenvalue weighted by atomic mass is 32.2. The van der Waals surface area contributed by atoms with E-state index >= 15 is 0 Å². The van der Waals surface area contributed by atoms with Crippen molar-refractivity contribution in [3.63, 3.8) is 0 Å². The number of anilines is 1. The number of aromatic nitrogens is 1. The van der Waals surface area contributed by atoms with Crippen molar-refractivity contribution in [3.8, 4) is 0 Å². The van der Waals surface area contributed by atoms with Gasteiger partial charge in [0.1, 0.15) is 0 Å². The second kappa shape index (κ2) is 6.35. The molecule has 0 fully saturated rings. The number of nitrogens with zero attached hydrogens (tertiary/aromatic N) is 1. The molecule has 0 radical (unpaired) electrons. The molecule has 1 aromatic carbocycles. The van der Waals surface area contributed by atoms with Crippen LogP contribution in [0.2, 0.25) is 0 Å². The molecule has 1 amide bonds. The molecule has 0 spiro atoms. The molecular formula is C12H10N2O3S2. The van der Waals surface area contributed by atoms with Crippen molar-refractivity contribution < 1.29 is 14.7 Å². The molecule has 98 valence electrons. The molecule has 0 saturated heterocycles. The maximum Gasteiger partial charge on any atom is 0.335 e. The van der Waals surface area contributed by atoms with Crippen LogP contribution in [-0.4, -0.2) is 27.7 Å². The van der Waals surface area contributed by atoms with Crippen LogP contribution < -0.4 is 5.32 Å². The third-order valence-electron chi connectivity index (χ3n) is 2.15. The van der Waals surface area contributed by atoms with E-state index in [1.165, 1.54) is 35.2 Å². The summed E-state index contributed by atoms with van der Waals surface area (Å²) in [4.78, 5) is 27.1. The first-order chi connectivity index (χ1) is 9.15. The molecule has 0 atom stereocenters. The van der Waals surface area contributed by atoms with Crippen molar-refractivity contribution >= 4 is 40.1 Å². The Bertz CT molecular complexity index is 567. The number of aromatic carboxylic acids is 1. The fourth-order valence-corrected chi connectivity index (χ4v) is 2.53. The van der Waals surface area contributed by atoms with Crippen molar-refractivity contribution in [1.82, 2.24) is 4.98 Å². The fourth-order valence-electron chi connectivity index (χ4n) is 1.28. The number of carboxylic acid groups (broad SMARTS) is 1. The molecule has 5 nitrogen and oxygen atoms in total. The summed E-state index contributed by atoms with van der Waals surface area (Å²) in [6, 6.07) is 6.41. The zero-order chi connectivity index (χ0) is 13.7. The van der Waals surface area contributed by atoms with Gasteiger partial charge in [-0.2, -0.15) is 0 Å². The Balaban J connectivity index is 1.84. The summed E-state index contributed by atoms with van der Waals surface area (Å²) >= 11 is 2.70. The van der Waals surface area contributed by atoms with E-state index in [9.17, 15) is 9.59 Å². The van der Waals surface area contributed by atoms with E-state index in [1.807, 2.05) is 0 Å². The number of rotatable bonds is 5. The molecule has 0 aliphatic rings. The van der Waals surface area contributed by atoms with Crippen molar-refractivity contribution in [3.05, 3.63) is 41.4 Å². The lowest BCUT2D eigenvalue weighted by molar-refractivity contribution is -0.113. The lowest BCUT2D eigenvalue weighted by Gasteiger charge is -2.02. The van der Waals surface area contributed by atoms with Gasteiger partial charge in [-0.15, -0.1) is 23.1 Å². The van der Waals surface area contributed by atoms with Gasteiger partial charge in [0.15, 0.2) is 5.13 Å². The molecule has 0 aliphatic carbocycles. The molecule has 1 heterocycles. The summed E-state index contributed by atoms with van der Waals surface area (Å²) in [7, 11) is 0. The Morgan fingerprint density at radius 2 is 2.05 bits per heavy atom. The SMILES string of the molecule is O=C(CSc1ccc(C(=O)O)cc1)Nc1nccs1. The van der Waals surface area contributed by atoms with Gasteiger partial charge in [0, 0.05) is 16.5 Å². The van der Waals surface area contributed by atoms with Crippen molar-refractivity contribution in [1.29, 1.82) is 0 Å². The van der Waals surface area contributed by atoms with E-state index in [-0.39, 0.29) is 17.2 Å². The van der Waals surface area contributed by atoms with Gasteiger partial charge in [-0.25, -0.2) is 9.78 Å². The summed E-state index contributed by atoms with van der Waals surface area (Å²) in [5.74, 6) is -0.841. The Morgan fingerprint density at radius 1 is 1.32 bits per heavy atom.